The van der Waals surface area contributed by atoms with Crippen LogP contribution in [0.25, 0.3) is 0 Å². The number of benzene rings is 2. The van der Waals surface area contributed by atoms with Crippen LogP contribution < -0.4 is 4.74 Å². The molecule has 0 bridgehead atoms. The number of halogens is 1. The molecule has 98 valence electrons. The topological polar surface area (TPSA) is 26.3 Å². The molecule has 3 heteroatoms. The first-order chi connectivity index (χ1) is 9.06. The van der Waals surface area contributed by atoms with Gasteiger partial charge in [0.2, 0.25) is 0 Å². The number of carbonyl (C=O) groups excluding carboxylic acids is 1. The first-order valence-electron chi connectivity index (χ1n) is 6.05. The van der Waals surface area contributed by atoms with Gasteiger partial charge in [-0.25, -0.2) is 0 Å². The molecule has 0 N–H and O–H groups in total. The molecule has 0 aliphatic carbocycles. The minimum absolute atomic E-state index is 0.00336. The third-order valence-corrected chi connectivity index (χ3v) is 3.57. The van der Waals surface area contributed by atoms with E-state index in [0.717, 1.165) is 14.9 Å². The summed E-state index contributed by atoms with van der Waals surface area (Å²) < 4.78 is 6.70. The number of rotatable bonds is 4. The van der Waals surface area contributed by atoms with Crippen molar-refractivity contribution in [3.8, 4) is 5.75 Å². The molecule has 2 aromatic carbocycles. The SMILES string of the molecule is Cc1ccc(OCC(=O)c2ccc(I)cc2)c(C)c1. The number of hydrogen-bond acceptors (Lipinski definition) is 2. The van der Waals surface area contributed by atoms with Crippen molar-refractivity contribution in [3.05, 3.63) is 62.7 Å². The van der Waals surface area contributed by atoms with Crippen LogP contribution in [0.1, 0.15) is 21.5 Å². The lowest BCUT2D eigenvalue weighted by atomic mass is 10.1. The van der Waals surface area contributed by atoms with E-state index >= 15 is 0 Å². The fraction of sp³-hybridized carbons (Fsp3) is 0.188. The van der Waals surface area contributed by atoms with E-state index in [1.807, 2.05) is 56.3 Å². The van der Waals surface area contributed by atoms with Gasteiger partial charge in [0.1, 0.15) is 5.75 Å². The largest absolute Gasteiger partial charge is 0.485 e. The number of ketones is 1. The molecule has 2 rings (SSSR count). The van der Waals surface area contributed by atoms with Crippen molar-refractivity contribution in [2.24, 2.45) is 0 Å². The van der Waals surface area contributed by atoms with Crippen LogP contribution in [0.3, 0.4) is 0 Å². The van der Waals surface area contributed by atoms with E-state index in [9.17, 15) is 4.79 Å². The van der Waals surface area contributed by atoms with Gasteiger partial charge in [-0.2, -0.15) is 0 Å². The molecule has 0 amide bonds. The zero-order valence-electron chi connectivity index (χ0n) is 10.9. The third-order valence-electron chi connectivity index (χ3n) is 2.86. The standard InChI is InChI=1S/C16H15IO2/c1-11-3-8-16(12(2)9-11)19-10-15(18)13-4-6-14(17)7-5-13/h3-9H,10H2,1-2H3. The third kappa shape index (κ3) is 3.80. The zero-order valence-corrected chi connectivity index (χ0v) is 13.1. The van der Waals surface area contributed by atoms with Crippen LogP contribution in [-0.4, -0.2) is 12.4 Å². The quantitative estimate of drug-likeness (QED) is 0.600. The van der Waals surface area contributed by atoms with Gasteiger partial charge in [0.05, 0.1) is 0 Å². The fourth-order valence-corrected chi connectivity index (χ4v) is 2.18. The van der Waals surface area contributed by atoms with E-state index in [2.05, 4.69) is 22.6 Å². The second kappa shape index (κ2) is 6.19. The predicted molar refractivity (Wildman–Crippen MR) is 84.9 cm³/mol. The lowest BCUT2D eigenvalue weighted by molar-refractivity contribution is 0.0921. The summed E-state index contributed by atoms with van der Waals surface area (Å²) in [4.78, 5) is 12.0. The predicted octanol–water partition coefficient (Wildman–Crippen LogP) is 4.17. The maximum atomic E-state index is 12.0. The molecule has 0 radical (unpaired) electrons. The molecule has 0 fully saturated rings. The average Bonchev–Trinajstić information content (AvgIpc) is 2.38. The molecule has 0 aliphatic heterocycles. The second-order valence-electron chi connectivity index (χ2n) is 4.49. The fourth-order valence-electron chi connectivity index (χ4n) is 1.82. The number of Topliss-reactive ketones (excluding diaryl/α,β-unsaturated/α-hetero) is 1. The molecule has 0 spiro atoms. The summed E-state index contributed by atoms with van der Waals surface area (Å²) in [7, 11) is 0. The average molecular weight is 366 g/mol. The number of carbonyl (C=O) groups is 1. The van der Waals surface area contributed by atoms with Gasteiger partial charge >= 0.3 is 0 Å². The number of ether oxygens (including phenoxy) is 1. The van der Waals surface area contributed by atoms with Crippen molar-refractivity contribution in [3.63, 3.8) is 0 Å². The van der Waals surface area contributed by atoms with Gasteiger partial charge in [0.25, 0.3) is 0 Å². The van der Waals surface area contributed by atoms with Crippen molar-refractivity contribution in [1.82, 2.24) is 0 Å². The first-order valence-corrected chi connectivity index (χ1v) is 7.13. The summed E-state index contributed by atoms with van der Waals surface area (Å²) in [6.45, 7) is 4.09. The Morgan fingerprint density at radius 2 is 1.79 bits per heavy atom. The van der Waals surface area contributed by atoms with Gasteiger partial charge in [0.15, 0.2) is 12.4 Å². The minimum atomic E-state index is -0.00336. The number of aryl methyl sites for hydroxylation is 2. The Labute approximate surface area is 126 Å². The van der Waals surface area contributed by atoms with Crippen molar-refractivity contribution < 1.29 is 9.53 Å². The molecule has 2 aromatic rings. The van der Waals surface area contributed by atoms with Crippen LogP contribution in [0.5, 0.6) is 5.75 Å². The van der Waals surface area contributed by atoms with E-state index < -0.39 is 0 Å². The van der Waals surface area contributed by atoms with Crippen molar-refractivity contribution in [1.29, 1.82) is 0 Å². The summed E-state index contributed by atoms with van der Waals surface area (Å²) in [6.07, 6.45) is 0. The lowest BCUT2D eigenvalue weighted by Gasteiger charge is -2.09. The van der Waals surface area contributed by atoms with E-state index in [1.165, 1.54) is 5.56 Å². The highest BCUT2D eigenvalue weighted by atomic mass is 127. The van der Waals surface area contributed by atoms with Crippen LogP contribution in [-0.2, 0) is 0 Å². The minimum Gasteiger partial charge on any atom is -0.485 e. The Morgan fingerprint density at radius 1 is 1.11 bits per heavy atom. The molecular formula is C16H15IO2. The molecule has 0 aliphatic rings. The summed E-state index contributed by atoms with van der Waals surface area (Å²) in [5.74, 6) is 0.765. The van der Waals surface area contributed by atoms with E-state index in [0.29, 0.717) is 5.56 Å². The normalized spacial score (nSPS) is 10.3. The van der Waals surface area contributed by atoms with Crippen LogP contribution in [0.15, 0.2) is 42.5 Å². The smallest absolute Gasteiger partial charge is 0.200 e. The highest BCUT2D eigenvalue weighted by Crippen LogP contribution is 2.19. The highest BCUT2D eigenvalue weighted by molar-refractivity contribution is 14.1. The molecule has 19 heavy (non-hydrogen) atoms. The first kappa shape index (κ1) is 14.1. The monoisotopic (exact) mass is 366 g/mol. The van der Waals surface area contributed by atoms with Gasteiger partial charge in [-0.05, 0) is 60.2 Å². The molecular weight excluding hydrogens is 351 g/mol. The van der Waals surface area contributed by atoms with E-state index in [4.69, 9.17) is 4.74 Å². The molecule has 0 saturated carbocycles. The Balaban J connectivity index is 2.02. The van der Waals surface area contributed by atoms with Gasteiger partial charge in [-0.15, -0.1) is 0 Å². The van der Waals surface area contributed by atoms with Crippen LogP contribution in [0.4, 0.5) is 0 Å². The summed E-state index contributed by atoms with van der Waals surface area (Å²) >= 11 is 2.22. The second-order valence-corrected chi connectivity index (χ2v) is 5.73. The Kier molecular flexibility index (Phi) is 4.58. The Hall–Kier alpha value is -1.36. The maximum Gasteiger partial charge on any atom is 0.200 e. The molecule has 2 nitrogen and oxygen atoms in total. The summed E-state index contributed by atoms with van der Waals surface area (Å²) in [5.41, 5.74) is 2.93. The number of hydrogen-bond donors (Lipinski definition) is 0. The van der Waals surface area contributed by atoms with Crippen molar-refractivity contribution in [2.75, 3.05) is 6.61 Å². The Bertz CT molecular complexity index is 588. The molecule has 0 heterocycles. The zero-order chi connectivity index (χ0) is 13.8. The Morgan fingerprint density at radius 3 is 2.42 bits per heavy atom. The van der Waals surface area contributed by atoms with Gasteiger partial charge in [-0.3, -0.25) is 4.79 Å². The van der Waals surface area contributed by atoms with Gasteiger partial charge in [0, 0.05) is 9.13 Å². The molecule has 0 atom stereocenters. The van der Waals surface area contributed by atoms with Crippen molar-refractivity contribution >= 4 is 28.4 Å². The lowest BCUT2D eigenvalue weighted by Crippen LogP contribution is -2.12. The van der Waals surface area contributed by atoms with Crippen molar-refractivity contribution in [2.45, 2.75) is 13.8 Å². The molecule has 0 unspecified atom stereocenters. The van der Waals surface area contributed by atoms with Gasteiger partial charge < -0.3 is 4.74 Å². The summed E-state index contributed by atoms with van der Waals surface area (Å²) in [6, 6.07) is 13.4. The van der Waals surface area contributed by atoms with E-state index in [1.54, 1.807) is 0 Å². The van der Waals surface area contributed by atoms with E-state index in [-0.39, 0.29) is 12.4 Å². The van der Waals surface area contributed by atoms with Gasteiger partial charge in [-0.1, -0.05) is 29.8 Å². The maximum absolute atomic E-state index is 12.0. The summed E-state index contributed by atoms with van der Waals surface area (Å²) in [5, 5.41) is 0. The highest BCUT2D eigenvalue weighted by Gasteiger charge is 2.07. The van der Waals surface area contributed by atoms with Crippen LogP contribution >= 0.6 is 22.6 Å². The van der Waals surface area contributed by atoms with Crippen LogP contribution in [0, 0.1) is 17.4 Å². The molecule has 0 saturated heterocycles. The molecule has 0 aromatic heterocycles. The van der Waals surface area contributed by atoms with Crippen LogP contribution in [0.2, 0.25) is 0 Å².